The Morgan fingerprint density at radius 2 is 1.92 bits per heavy atom. The van der Waals surface area contributed by atoms with Crippen LogP contribution in [0.5, 0.6) is 23.0 Å². The van der Waals surface area contributed by atoms with E-state index in [0.717, 1.165) is 6.07 Å². The summed E-state index contributed by atoms with van der Waals surface area (Å²) < 4.78 is 4.58. The quantitative estimate of drug-likeness (QED) is 0.356. The monoisotopic (exact) mass is 184 g/mol. The Labute approximate surface area is 73.8 Å². The number of ether oxygens (including phenoxy) is 1. The minimum absolute atomic E-state index is 0.146. The number of aromatic hydroxyl groups is 3. The summed E-state index contributed by atoms with van der Waals surface area (Å²) in [7, 11) is 1.20. The van der Waals surface area contributed by atoms with Crippen LogP contribution in [0.1, 0.15) is 10.4 Å². The SMILES string of the molecule is COc1c(O)c(O)cc(C=O)c1O. The van der Waals surface area contributed by atoms with E-state index < -0.39 is 17.2 Å². The molecule has 0 amide bonds. The molecule has 13 heavy (non-hydrogen) atoms. The van der Waals surface area contributed by atoms with Gasteiger partial charge in [-0.1, -0.05) is 0 Å². The number of carbonyl (C=O) groups excluding carboxylic acids is 1. The normalized spacial score (nSPS) is 9.62. The van der Waals surface area contributed by atoms with Crippen LogP contribution in [-0.2, 0) is 0 Å². The lowest BCUT2D eigenvalue weighted by molar-refractivity contribution is 0.112. The third kappa shape index (κ3) is 1.35. The number of rotatable bonds is 2. The standard InChI is InChI=1S/C8H8O5/c1-13-8-6(11)4(3-9)2-5(10)7(8)12/h2-3,10-12H,1H3. The molecule has 0 bridgehead atoms. The van der Waals surface area contributed by atoms with Crippen molar-refractivity contribution in [3.8, 4) is 23.0 Å². The van der Waals surface area contributed by atoms with E-state index in [2.05, 4.69) is 4.74 Å². The molecule has 3 N–H and O–H groups in total. The van der Waals surface area contributed by atoms with Crippen LogP contribution in [0.4, 0.5) is 0 Å². The Hall–Kier alpha value is -1.91. The van der Waals surface area contributed by atoms with Crippen LogP contribution in [0.2, 0.25) is 0 Å². The van der Waals surface area contributed by atoms with Gasteiger partial charge in [-0.2, -0.15) is 0 Å². The summed E-state index contributed by atoms with van der Waals surface area (Å²) in [6, 6.07) is 0.945. The number of hydrogen-bond acceptors (Lipinski definition) is 5. The molecule has 0 unspecified atom stereocenters. The molecule has 0 heterocycles. The van der Waals surface area contributed by atoms with Gasteiger partial charge in [0.2, 0.25) is 11.5 Å². The topological polar surface area (TPSA) is 87.0 Å². The van der Waals surface area contributed by atoms with Gasteiger partial charge in [-0.25, -0.2) is 0 Å². The van der Waals surface area contributed by atoms with Gasteiger partial charge in [-0.05, 0) is 6.07 Å². The Morgan fingerprint density at radius 3 is 2.38 bits per heavy atom. The van der Waals surface area contributed by atoms with E-state index in [0.29, 0.717) is 6.29 Å². The second-order valence-electron chi connectivity index (χ2n) is 2.33. The molecule has 1 rings (SSSR count). The zero-order valence-electron chi connectivity index (χ0n) is 6.81. The van der Waals surface area contributed by atoms with Crippen molar-refractivity contribution in [2.24, 2.45) is 0 Å². The van der Waals surface area contributed by atoms with Gasteiger partial charge in [0.05, 0.1) is 12.7 Å². The predicted molar refractivity (Wildman–Crippen MR) is 43.4 cm³/mol. The van der Waals surface area contributed by atoms with Crippen LogP contribution in [-0.4, -0.2) is 28.7 Å². The summed E-state index contributed by atoms with van der Waals surface area (Å²) in [4.78, 5) is 10.4. The summed E-state index contributed by atoms with van der Waals surface area (Å²) in [6.45, 7) is 0. The molecule has 70 valence electrons. The summed E-state index contributed by atoms with van der Waals surface area (Å²) in [5, 5.41) is 27.5. The molecule has 5 nitrogen and oxygen atoms in total. The summed E-state index contributed by atoms with van der Waals surface area (Å²) in [6.07, 6.45) is 0.344. The second kappa shape index (κ2) is 3.22. The van der Waals surface area contributed by atoms with Gasteiger partial charge in [0, 0.05) is 0 Å². The lowest BCUT2D eigenvalue weighted by atomic mass is 10.1. The highest BCUT2D eigenvalue weighted by Gasteiger charge is 2.16. The third-order valence-electron chi connectivity index (χ3n) is 1.57. The fourth-order valence-corrected chi connectivity index (χ4v) is 0.927. The number of aldehydes is 1. The number of phenols is 3. The third-order valence-corrected chi connectivity index (χ3v) is 1.57. The van der Waals surface area contributed by atoms with Crippen LogP contribution in [0.25, 0.3) is 0 Å². The lowest BCUT2D eigenvalue weighted by Crippen LogP contribution is -1.89. The maximum atomic E-state index is 10.4. The van der Waals surface area contributed by atoms with Gasteiger partial charge in [0.15, 0.2) is 17.8 Å². The average molecular weight is 184 g/mol. The zero-order chi connectivity index (χ0) is 10.0. The lowest BCUT2D eigenvalue weighted by Gasteiger charge is -2.08. The van der Waals surface area contributed by atoms with Gasteiger partial charge in [0.25, 0.3) is 0 Å². The van der Waals surface area contributed by atoms with Gasteiger partial charge in [0.1, 0.15) is 0 Å². The molecule has 0 saturated heterocycles. The highest BCUT2D eigenvalue weighted by Crippen LogP contribution is 2.43. The maximum absolute atomic E-state index is 10.4. The fourth-order valence-electron chi connectivity index (χ4n) is 0.927. The van der Waals surface area contributed by atoms with Crippen molar-refractivity contribution >= 4 is 6.29 Å². The number of hydrogen-bond donors (Lipinski definition) is 3. The van der Waals surface area contributed by atoms with Crippen LogP contribution in [0.15, 0.2) is 6.07 Å². The Bertz CT molecular complexity index is 345. The van der Waals surface area contributed by atoms with Crippen molar-refractivity contribution in [1.29, 1.82) is 0 Å². The first-order chi connectivity index (χ1) is 6.11. The molecular formula is C8H8O5. The Balaban J connectivity index is 3.47. The van der Waals surface area contributed by atoms with E-state index in [4.69, 9.17) is 10.2 Å². The van der Waals surface area contributed by atoms with Gasteiger partial charge in [-0.3, -0.25) is 4.79 Å². The largest absolute Gasteiger partial charge is 0.504 e. The van der Waals surface area contributed by atoms with Gasteiger partial charge >= 0.3 is 0 Å². The van der Waals surface area contributed by atoms with Crippen LogP contribution >= 0.6 is 0 Å². The van der Waals surface area contributed by atoms with E-state index >= 15 is 0 Å². The number of methoxy groups -OCH3 is 1. The van der Waals surface area contributed by atoms with E-state index in [1.54, 1.807) is 0 Å². The van der Waals surface area contributed by atoms with Gasteiger partial charge in [-0.15, -0.1) is 0 Å². The van der Waals surface area contributed by atoms with Crippen molar-refractivity contribution in [3.05, 3.63) is 11.6 Å². The van der Waals surface area contributed by atoms with Crippen molar-refractivity contribution in [2.75, 3.05) is 7.11 Å². The smallest absolute Gasteiger partial charge is 0.207 e. The summed E-state index contributed by atoms with van der Waals surface area (Å²) in [5.74, 6) is -1.92. The Morgan fingerprint density at radius 1 is 1.31 bits per heavy atom. The van der Waals surface area contributed by atoms with Crippen molar-refractivity contribution in [2.45, 2.75) is 0 Å². The van der Waals surface area contributed by atoms with E-state index in [1.807, 2.05) is 0 Å². The molecule has 0 radical (unpaired) electrons. The molecule has 0 aliphatic heterocycles. The highest BCUT2D eigenvalue weighted by atomic mass is 16.5. The molecule has 0 fully saturated rings. The first-order valence-electron chi connectivity index (χ1n) is 3.38. The molecule has 0 aromatic heterocycles. The van der Waals surface area contributed by atoms with Crippen LogP contribution in [0.3, 0.4) is 0 Å². The molecule has 5 heteroatoms. The number of carbonyl (C=O) groups is 1. The number of benzene rings is 1. The fraction of sp³-hybridized carbons (Fsp3) is 0.125. The molecule has 0 atom stereocenters. The highest BCUT2D eigenvalue weighted by molar-refractivity contribution is 5.83. The molecule has 1 aromatic rings. The first-order valence-corrected chi connectivity index (χ1v) is 3.38. The van der Waals surface area contributed by atoms with Crippen molar-refractivity contribution in [1.82, 2.24) is 0 Å². The molecular weight excluding hydrogens is 176 g/mol. The number of phenolic OH excluding ortho intramolecular Hbond substituents is 3. The van der Waals surface area contributed by atoms with E-state index in [9.17, 15) is 9.90 Å². The van der Waals surface area contributed by atoms with Crippen LogP contribution < -0.4 is 4.74 Å². The molecule has 1 aromatic carbocycles. The van der Waals surface area contributed by atoms with E-state index in [-0.39, 0.29) is 11.3 Å². The minimum atomic E-state index is -0.592. The molecule has 0 spiro atoms. The van der Waals surface area contributed by atoms with E-state index in [1.165, 1.54) is 7.11 Å². The Kier molecular flexibility index (Phi) is 2.27. The van der Waals surface area contributed by atoms with Gasteiger partial charge < -0.3 is 20.1 Å². The maximum Gasteiger partial charge on any atom is 0.207 e. The predicted octanol–water partition coefficient (Wildman–Crippen LogP) is 0.624. The van der Waals surface area contributed by atoms with Crippen molar-refractivity contribution in [3.63, 3.8) is 0 Å². The minimum Gasteiger partial charge on any atom is -0.504 e. The van der Waals surface area contributed by atoms with Crippen molar-refractivity contribution < 1.29 is 24.9 Å². The molecule has 0 aliphatic rings. The van der Waals surface area contributed by atoms with Crippen LogP contribution in [0, 0.1) is 0 Å². The first kappa shape index (κ1) is 9.18. The molecule has 0 aliphatic carbocycles. The summed E-state index contributed by atoms with van der Waals surface area (Å²) in [5.41, 5.74) is -0.146. The molecule has 0 saturated carbocycles. The zero-order valence-corrected chi connectivity index (χ0v) is 6.81. The average Bonchev–Trinajstić information content (AvgIpc) is 2.12. The second-order valence-corrected chi connectivity index (χ2v) is 2.33. The summed E-state index contributed by atoms with van der Waals surface area (Å²) >= 11 is 0.